The summed E-state index contributed by atoms with van der Waals surface area (Å²) in [6, 6.07) is 10.1. The average molecular weight is 390 g/mol. The summed E-state index contributed by atoms with van der Waals surface area (Å²) in [5, 5.41) is 13.3. The van der Waals surface area contributed by atoms with Crippen LogP contribution in [0.1, 0.15) is 17.3 Å². The largest absolute Gasteiger partial charge is 0.449 e. The molecule has 0 aliphatic rings. The van der Waals surface area contributed by atoms with Gasteiger partial charge in [-0.2, -0.15) is 4.68 Å². The highest BCUT2D eigenvalue weighted by Gasteiger charge is 2.22. The number of carbonyl (C=O) groups excluding carboxylic acids is 2. The van der Waals surface area contributed by atoms with Crippen molar-refractivity contribution < 1.29 is 18.7 Å². The Labute approximate surface area is 157 Å². The predicted molar refractivity (Wildman–Crippen MR) is 94.1 cm³/mol. The zero-order chi connectivity index (χ0) is 19.4. The third-order valence-electron chi connectivity index (χ3n) is 3.56. The molecule has 0 saturated carbocycles. The number of halogens is 2. The molecule has 1 atom stereocenters. The zero-order valence-electron chi connectivity index (χ0n) is 14.0. The van der Waals surface area contributed by atoms with E-state index in [-0.39, 0.29) is 16.3 Å². The van der Waals surface area contributed by atoms with Crippen LogP contribution in [0, 0.1) is 5.82 Å². The number of benzene rings is 2. The first-order valence-electron chi connectivity index (χ1n) is 7.75. The molecule has 1 N–H and O–H groups in total. The number of hydrogen-bond donors (Lipinski definition) is 1. The van der Waals surface area contributed by atoms with Crippen LogP contribution in [0.3, 0.4) is 0 Å². The van der Waals surface area contributed by atoms with Gasteiger partial charge in [0.05, 0.1) is 22.0 Å². The molecule has 1 aromatic heterocycles. The van der Waals surface area contributed by atoms with Crippen molar-refractivity contribution in [1.82, 2.24) is 20.2 Å². The van der Waals surface area contributed by atoms with Crippen molar-refractivity contribution in [1.29, 1.82) is 0 Å². The van der Waals surface area contributed by atoms with Crippen LogP contribution in [-0.2, 0) is 9.53 Å². The molecular formula is C17H13ClFN5O3. The summed E-state index contributed by atoms with van der Waals surface area (Å²) in [5.74, 6) is -1.87. The Kier molecular flexibility index (Phi) is 5.41. The monoisotopic (exact) mass is 389 g/mol. The van der Waals surface area contributed by atoms with Gasteiger partial charge in [0, 0.05) is 0 Å². The Balaban J connectivity index is 1.72. The maximum absolute atomic E-state index is 13.1. The zero-order valence-corrected chi connectivity index (χ0v) is 14.7. The standard InChI is InChI=1S/C17H13ClFN5O3/c1-10(16(25)21-14-7-6-11(19)8-13(14)18)27-17(26)12-4-2-3-5-15(12)24-9-20-22-23-24/h2-10H,1H3,(H,21,25). The first-order valence-corrected chi connectivity index (χ1v) is 8.13. The fraction of sp³-hybridized carbons (Fsp3) is 0.118. The number of nitrogens with zero attached hydrogens (tertiary/aromatic N) is 4. The van der Waals surface area contributed by atoms with Gasteiger partial charge >= 0.3 is 5.97 Å². The Morgan fingerprint density at radius 3 is 2.74 bits per heavy atom. The summed E-state index contributed by atoms with van der Waals surface area (Å²) in [6.45, 7) is 1.41. The quantitative estimate of drug-likeness (QED) is 0.673. The SMILES string of the molecule is CC(OC(=O)c1ccccc1-n1cnnn1)C(=O)Nc1ccc(F)cc1Cl. The summed E-state index contributed by atoms with van der Waals surface area (Å²) in [6.07, 6.45) is 0.208. The number of aromatic nitrogens is 4. The van der Waals surface area contributed by atoms with E-state index in [0.29, 0.717) is 5.69 Å². The molecule has 1 unspecified atom stereocenters. The number of tetrazole rings is 1. The highest BCUT2D eigenvalue weighted by molar-refractivity contribution is 6.33. The Hall–Kier alpha value is -3.33. The number of amides is 1. The number of rotatable bonds is 5. The minimum atomic E-state index is -1.12. The van der Waals surface area contributed by atoms with Crippen LogP contribution in [-0.4, -0.2) is 38.2 Å². The number of anilines is 1. The third-order valence-corrected chi connectivity index (χ3v) is 3.87. The lowest BCUT2D eigenvalue weighted by atomic mass is 10.2. The van der Waals surface area contributed by atoms with Crippen molar-refractivity contribution in [3.05, 3.63) is 65.2 Å². The molecule has 27 heavy (non-hydrogen) atoms. The number of nitrogens with one attached hydrogen (secondary N) is 1. The van der Waals surface area contributed by atoms with Gasteiger partial charge in [-0.3, -0.25) is 4.79 Å². The van der Waals surface area contributed by atoms with E-state index < -0.39 is 23.8 Å². The molecule has 0 fully saturated rings. The molecule has 0 spiro atoms. The summed E-state index contributed by atoms with van der Waals surface area (Å²) in [4.78, 5) is 24.7. The minimum Gasteiger partial charge on any atom is -0.449 e. The second kappa shape index (κ2) is 7.92. The molecular weight excluding hydrogens is 377 g/mol. The van der Waals surface area contributed by atoms with Gasteiger partial charge in [0.25, 0.3) is 5.91 Å². The second-order valence-electron chi connectivity index (χ2n) is 5.43. The molecule has 0 bridgehead atoms. The lowest BCUT2D eigenvalue weighted by molar-refractivity contribution is -0.123. The van der Waals surface area contributed by atoms with Crippen molar-refractivity contribution >= 4 is 29.2 Å². The Morgan fingerprint density at radius 2 is 2.04 bits per heavy atom. The van der Waals surface area contributed by atoms with E-state index in [2.05, 4.69) is 20.8 Å². The fourth-order valence-corrected chi connectivity index (χ4v) is 2.43. The lowest BCUT2D eigenvalue weighted by Gasteiger charge is -2.15. The van der Waals surface area contributed by atoms with E-state index >= 15 is 0 Å². The van der Waals surface area contributed by atoms with E-state index in [9.17, 15) is 14.0 Å². The van der Waals surface area contributed by atoms with Crippen molar-refractivity contribution in [3.8, 4) is 5.69 Å². The van der Waals surface area contributed by atoms with Gasteiger partial charge in [-0.05, 0) is 47.7 Å². The molecule has 0 radical (unpaired) electrons. The van der Waals surface area contributed by atoms with Gasteiger partial charge in [0.2, 0.25) is 0 Å². The van der Waals surface area contributed by atoms with Crippen LogP contribution in [0.2, 0.25) is 5.02 Å². The van der Waals surface area contributed by atoms with E-state index in [4.69, 9.17) is 16.3 Å². The molecule has 3 aromatic rings. The number of esters is 1. The third kappa shape index (κ3) is 4.26. The highest BCUT2D eigenvalue weighted by Crippen LogP contribution is 2.23. The molecule has 0 aliphatic carbocycles. The van der Waals surface area contributed by atoms with E-state index in [1.54, 1.807) is 18.2 Å². The average Bonchev–Trinajstić information content (AvgIpc) is 3.18. The van der Waals surface area contributed by atoms with Crippen LogP contribution in [0.25, 0.3) is 5.69 Å². The first-order chi connectivity index (χ1) is 13.0. The van der Waals surface area contributed by atoms with E-state index in [0.717, 1.165) is 12.1 Å². The van der Waals surface area contributed by atoms with Gasteiger partial charge < -0.3 is 10.1 Å². The maximum Gasteiger partial charge on any atom is 0.341 e. The fourth-order valence-electron chi connectivity index (χ4n) is 2.22. The predicted octanol–water partition coefficient (Wildman–Crippen LogP) is 2.64. The van der Waals surface area contributed by atoms with Crippen LogP contribution in [0.5, 0.6) is 0 Å². The number of carbonyl (C=O) groups is 2. The van der Waals surface area contributed by atoms with Crippen molar-refractivity contribution in [2.45, 2.75) is 13.0 Å². The van der Waals surface area contributed by atoms with Gasteiger partial charge in [-0.15, -0.1) is 5.10 Å². The highest BCUT2D eigenvalue weighted by atomic mass is 35.5. The van der Waals surface area contributed by atoms with Crippen LogP contribution in [0.4, 0.5) is 10.1 Å². The van der Waals surface area contributed by atoms with Crippen LogP contribution in [0.15, 0.2) is 48.8 Å². The smallest absolute Gasteiger partial charge is 0.341 e. The van der Waals surface area contributed by atoms with Crippen LogP contribution < -0.4 is 5.32 Å². The summed E-state index contributed by atoms with van der Waals surface area (Å²) in [5.41, 5.74) is 0.797. The summed E-state index contributed by atoms with van der Waals surface area (Å²) < 4.78 is 19.6. The number of ether oxygens (including phenoxy) is 1. The molecule has 1 amide bonds. The number of para-hydroxylation sites is 1. The minimum absolute atomic E-state index is 0.0332. The maximum atomic E-state index is 13.1. The second-order valence-corrected chi connectivity index (χ2v) is 5.84. The van der Waals surface area contributed by atoms with Gasteiger partial charge in [-0.1, -0.05) is 23.7 Å². The Morgan fingerprint density at radius 1 is 1.26 bits per heavy atom. The normalized spacial score (nSPS) is 11.7. The summed E-state index contributed by atoms with van der Waals surface area (Å²) in [7, 11) is 0. The molecule has 138 valence electrons. The van der Waals surface area contributed by atoms with Gasteiger partial charge in [-0.25, -0.2) is 9.18 Å². The molecule has 0 saturated heterocycles. The summed E-state index contributed by atoms with van der Waals surface area (Å²) >= 11 is 5.87. The molecule has 2 aromatic carbocycles. The molecule has 1 heterocycles. The topological polar surface area (TPSA) is 99.0 Å². The molecule has 0 aliphatic heterocycles. The van der Waals surface area contributed by atoms with Crippen molar-refractivity contribution in [2.24, 2.45) is 0 Å². The van der Waals surface area contributed by atoms with Gasteiger partial charge in [0.1, 0.15) is 12.1 Å². The first kappa shape index (κ1) is 18.5. The van der Waals surface area contributed by atoms with E-state index in [1.165, 1.54) is 30.1 Å². The van der Waals surface area contributed by atoms with Crippen molar-refractivity contribution in [2.75, 3.05) is 5.32 Å². The lowest BCUT2D eigenvalue weighted by Crippen LogP contribution is -2.30. The molecule has 10 heteroatoms. The molecule has 3 rings (SSSR count). The van der Waals surface area contributed by atoms with Gasteiger partial charge in [0.15, 0.2) is 6.10 Å². The Bertz CT molecular complexity index is 980. The number of hydrogen-bond acceptors (Lipinski definition) is 6. The van der Waals surface area contributed by atoms with E-state index in [1.807, 2.05) is 0 Å². The van der Waals surface area contributed by atoms with Crippen molar-refractivity contribution in [3.63, 3.8) is 0 Å². The van der Waals surface area contributed by atoms with Crippen LogP contribution >= 0.6 is 11.6 Å². The molecule has 8 nitrogen and oxygen atoms in total.